The number of aliphatic imine (C=N–C) groups is 1. The Balaban J connectivity index is 1.58. The molecule has 2 N–H and O–H groups in total. The molecule has 1 saturated heterocycles. The maximum Gasteiger partial charge on any atom is 0.253 e. The van der Waals surface area contributed by atoms with Crippen LogP contribution in [-0.4, -0.2) is 60.8 Å². The SMILES string of the molecule is COc1ccc(OC)c(N2C(=O)C3C=CC(C(=O)N4CCC(C(N)=O)CC4)=CC3=NC2=S)c1. The molecule has 0 aromatic heterocycles. The number of hydrogen-bond acceptors (Lipinski definition) is 6. The van der Waals surface area contributed by atoms with E-state index in [0.29, 0.717) is 54.4 Å². The van der Waals surface area contributed by atoms with Gasteiger partial charge in [0.25, 0.3) is 5.91 Å². The highest BCUT2D eigenvalue weighted by molar-refractivity contribution is 7.80. The molecule has 3 aliphatic rings. The first-order valence-electron chi connectivity index (χ1n) is 10.5. The molecule has 1 unspecified atom stereocenters. The van der Waals surface area contributed by atoms with Crippen molar-refractivity contribution in [2.75, 3.05) is 32.2 Å². The molecule has 1 aromatic carbocycles. The third-order valence-corrected chi connectivity index (χ3v) is 6.33. The first kappa shape index (κ1) is 22.7. The van der Waals surface area contributed by atoms with Gasteiger partial charge in [0, 0.05) is 30.6 Å². The lowest BCUT2D eigenvalue weighted by atomic mass is 9.90. The van der Waals surface area contributed by atoms with Gasteiger partial charge in [-0.25, -0.2) is 4.99 Å². The number of carbonyl (C=O) groups excluding carboxylic acids is 3. The summed E-state index contributed by atoms with van der Waals surface area (Å²) in [7, 11) is 3.03. The van der Waals surface area contributed by atoms with Crippen LogP contribution in [0.4, 0.5) is 5.69 Å². The Labute approximate surface area is 196 Å². The van der Waals surface area contributed by atoms with Crippen LogP contribution < -0.4 is 20.1 Å². The first-order chi connectivity index (χ1) is 15.8. The lowest BCUT2D eigenvalue weighted by Gasteiger charge is -2.33. The number of nitrogens with two attached hydrogens (primary N) is 1. The highest BCUT2D eigenvalue weighted by Gasteiger charge is 2.38. The zero-order chi connectivity index (χ0) is 23.7. The van der Waals surface area contributed by atoms with Gasteiger partial charge in [-0.05, 0) is 43.3 Å². The van der Waals surface area contributed by atoms with E-state index in [1.165, 1.54) is 19.1 Å². The Morgan fingerprint density at radius 3 is 2.55 bits per heavy atom. The van der Waals surface area contributed by atoms with E-state index in [2.05, 4.69) is 4.99 Å². The Morgan fingerprint density at radius 1 is 1.18 bits per heavy atom. The summed E-state index contributed by atoms with van der Waals surface area (Å²) in [6.45, 7) is 0.905. The van der Waals surface area contributed by atoms with Crippen molar-refractivity contribution in [3.63, 3.8) is 0 Å². The minimum atomic E-state index is -0.676. The summed E-state index contributed by atoms with van der Waals surface area (Å²) in [5, 5.41) is 0.0541. The third-order valence-electron chi connectivity index (χ3n) is 6.05. The monoisotopic (exact) mass is 468 g/mol. The topological polar surface area (TPSA) is 115 Å². The van der Waals surface area contributed by atoms with Crippen molar-refractivity contribution in [2.24, 2.45) is 22.6 Å². The molecular weight excluding hydrogens is 444 g/mol. The van der Waals surface area contributed by atoms with Crippen LogP contribution in [0.15, 0.2) is 47.0 Å². The minimum absolute atomic E-state index is 0.0541. The van der Waals surface area contributed by atoms with E-state index < -0.39 is 5.92 Å². The number of methoxy groups -OCH3 is 2. The van der Waals surface area contributed by atoms with Crippen molar-refractivity contribution < 1.29 is 23.9 Å². The molecule has 2 aliphatic heterocycles. The molecule has 1 fully saturated rings. The Bertz CT molecular complexity index is 1120. The summed E-state index contributed by atoms with van der Waals surface area (Å²) in [4.78, 5) is 45.2. The molecule has 33 heavy (non-hydrogen) atoms. The van der Waals surface area contributed by atoms with Crippen molar-refractivity contribution in [1.29, 1.82) is 0 Å². The second-order valence-electron chi connectivity index (χ2n) is 7.94. The maximum atomic E-state index is 13.4. The maximum absolute atomic E-state index is 13.4. The number of anilines is 1. The van der Waals surface area contributed by atoms with E-state index in [1.807, 2.05) is 0 Å². The second-order valence-corrected chi connectivity index (χ2v) is 8.30. The molecule has 9 nitrogen and oxygen atoms in total. The van der Waals surface area contributed by atoms with Crippen LogP contribution in [0.1, 0.15) is 12.8 Å². The summed E-state index contributed by atoms with van der Waals surface area (Å²) in [6, 6.07) is 5.08. The summed E-state index contributed by atoms with van der Waals surface area (Å²) in [5.41, 5.74) is 6.65. The number of thiocarbonyl (C=S) groups is 1. The van der Waals surface area contributed by atoms with Crippen molar-refractivity contribution in [1.82, 2.24) is 4.90 Å². The van der Waals surface area contributed by atoms with Crippen molar-refractivity contribution in [3.05, 3.63) is 42.0 Å². The number of allylic oxidation sites excluding steroid dienone is 1. The molecule has 172 valence electrons. The van der Waals surface area contributed by atoms with Gasteiger partial charge in [-0.1, -0.05) is 12.2 Å². The van der Waals surface area contributed by atoms with Gasteiger partial charge >= 0.3 is 0 Å². The average molecular weight is 469 g/mol. The minimum Gasteiger partial charge on any atom is -0.497 e. The summed E-state index contributed by atoms with van der Waals surface area (Å²) >= 11 is 5.44. The smallest absolute Gasteiger partial charge is 0.253 e. The van der Waals surface area contributed by atoms with Crippen LogP contribution in [0.25, 0.3) is 0 Å². The van der Waals surface area contributed by atoms with Gasteiger partial charge < -0.3 is 20.1 Å². The van der Waals surface area contributed by atoms with Crippen molar-refractivity contribution in [2.45, 2.75) is 12.8 Å². The van der Waals surface area contributed by atoms with E-state index in [1.54, 1.807) is 41.3 Å². The second kappa shape index (κ2) is 9.14. The number of rotatable bonds is 5. The molecule has 3 amide bonds. The van der Waals surface area contributed by atoms with Gasteiger partial charge in [-0.2, -0.15) is 0 Å². The van der Waals surface area contributed by atoms with Crippen LogP contribution in [0.2, 0.25) is 0 Å². The molecular formula is C23H24N4O5S. The van der Waals surface area contributed by atoms with Crippen LogP contribution in [0, 0.1) is 11.8 Å². The van der Waals surface area contributed by atoms with E-state index in [9.17, 15) is 14.4 Å². The molecule has 4 rings (SSSR count). The fourth-order valence-electron chi connectivity index (χ4n) is 4.18. The van der Waals surface area contributed by atoms with Crippen LogP contribution >= 0.6 is 12.2 Å². The van der Waals surface area contributed by atoms with E-state index in [-0.39, 0.29) is 28.8 Å². The number of primary amides is 1. The lowest BCUT2D eigenvalue weighted by Crippen LogP contribution is -2.47. The standard InChI is InChI=1S/C23H24N4O5S/c1-31-15-4-6-19(32-2)18(12-15)27-22(30)16-5-3-14(11-17(16)25-23(27)33)21(29)26-9-7-13(8-10-26)20(24)28/h3-6,11-13,16H,7-10H2,1-2H3,(H2,24,28). The zero-order valence-corrected chi connectivity index (χ0v) is 19.1. The quantitative estimate of drug-likeness (QED) is 0.657. The van der Waals surface area contributed by atoms with Gasteiger partial charge in [-0.3, -0.25) is 19.3 Å². The summed E-state index contributed by atoms with van der Waals surface area (Å²) in [6.07, 6.45) is 5.99. The number of nitrogens with zero attached hydrogens (tertiary/aromatic N) is 3. The number of ether oxygens (including phenoxy) is 2. The summed E-state index contributed by atoms with van der Waals surface area (Å²) in [5.74, 6) is -0.679. The number of carbonyl (C=O) groups is 3. The fraction of sp³-hybridized carbons (Fsp3) is 0.348. The van der Waals surface area contributed by atoms with E-state index in [0.717, 1.165) is 0 Å². The predicted molar refractivity (Wildman–Crippen MR) is 126 cm³/mol. The van der Waals surface area contributed by atoms with Crippen LogP contribution in [-0.2, 0) is 14.4 Å². The molecule has 0 saturated carbocycles. The average Bonchev–Trinajstić information content (AvgIpc) is 2.83. The normalized spacial score (nSPS) is 20.7. The largest absolute Gasteiger partial charge is 0.497 e. The molecule has 1 aliphatic carbocycles. The van der Waals surface area contributed by atoms with Gasteiger partial charge in [0.1, 0.15) is 11.5 Å². The highest BCUT2D eigenvalue weighted by Crippen LogP contribution is 2.36. The van der Waals surface area contributed by atoms with Gasteiger partial charge in [0.15, 0.2) is 0 Å². The van der Waals surface area contributed by atoms with Gasteiger partial charge in [0.2, 0.25) is 16.9 Å². The van der Waals surface area contributed by atoms with Gasteiger partial charge in [-0.15, -0.1) is 0 Å². The molecule has 1 atom stereocenters. The molecule has 0 spiro atoms. The zero-order valence-electron chi connectivity index (χ0n) is 18.3. The van der Waals surface area contributed by atoms with Crippen LogP contribution in [0.3, 0.4) is 0 Å². The molecule has 0 bridgehead atoms. The highest BCUT2D eigenvalue weighted by atomic mass is 32.1. The first-order valence-corrected chi connectivity index (χ1v) is 10.9. The Morgan fingerprint density at radius 2 is 1.91 bits per heavy atom. The van der Waals surface area contributed by atoms with Gasteiger partial charge in [0.05, 0.1) is 31.5 Å². The van der Waals surface area contributed by atoms with Crippen LogP contribution in [0.5, 0.6) is 11.5 Å². The molecule has 10 heteroatoms. The Kier molecular flexibility index (Phi) is 6.28. The fourth-order valence-corrected chi connectivity index (χ4v) is 4.47. The number of amides is 3. The third kappa shape index (κ3) is 4.25. The lowest BCUT2D eigenvalue weighted by molar-refractivity contribution is -0.131. The van der Waals surface area contributed by atoms with E-state index in [4.69, 9.17) is 27.4 Å². The predicted octanol–water partition coefficient (Wildman–Crippen LogP) is 1.61. The molecule has 0 radical (unpaired) electrons. The molecule has 2 heterocycles. The number of likely N-dealkylation sites (tertiary alicyclic amines) is 1. The van der Waals surface area contributed by atoms with Crippen molar-refractivity contribution in [3.8, 4) is 11.5 Å². The summed E-state index contributed by atoms with van der Waals surface area (Å²) < 4.78 is 10.7. The number of hydrogen-bond donors (Lipinski definition) is 1. The Hall–Kier alpha value is -3.53. The number of fused-ring (bicyclic) bond motifs is 1. The van der Waals surface area contributed by atoms with Crippen molar-refractivity contribution >= 4 is 46.5 Å². The number of benzene rings is 1. The van der Waals surface area contributed by atoms with E-state index >= 15 is 0 Å². The molecule has 1 aromatic rings. The number of piperidine rings is 1.